The van der Waals surface area contributed by atoms with E-state index >= 15 is 0 Å². The van der Waals surface area contributed by atoms with Gasteiger partial charge in [0.1, 0.15) is 0 Å². The summed E-state index contributed by atoms with van der Waals surface area (Å²) in [5.41, 5.74) is 0.408. The van der Waals surface area contributed by atoms with Crippen LogP contribution in [0.5, 0.6) is 0 Å². The molecule has 1 unspecified atom stereocenters. The average Bonchev–Trinajstić information content (AvgIpc) is 3.14. The molecule has 29 heavy (non-hydrogen) atoms. The van der Waals surface area contributed by atoms with Crippen LogP contribution in [0.3, 0.4) is 0 Å². The fourth-order valence-electron chi connectivity index (χ4n) is 4.48. The number of amides is 1. The third-order valence-electron chi connectivity index (χ3n) is 6.06. The summed E-state index contributed by atoms with van der Waals surface area (Å²) in [6.45, 7) is 2.82. The van der Waals surface area contributed by atoms with Crippen molar-refractivity contribution < 1.29 is 22.7 Å². The van der Waals surface area contributed by atoms with Gasteiger partial charge in [-0.3, -0.25) is 4.79 Å². The van der Waals surface area contributed by atoms with Gasteiger partial charge >= 0.3 is 0 Å². The zero-order valence-corrected chi connectivity index (χ0v) is 17.6. The number of ether oxygens (including phenoxy) is 2. The number of piperidine rings is 1. The molecule has 3 heterocycles. The maximum atomic E-state index is 13.3. The van der Waals surface area contributed by atoms with Crippen molar-refractivity contribution in [1.82, 2.24) is 9.21 Å². The summed E-state index contributed by atoms with van der Waals surface area (Å²) in [6.07, 6.45) is 6.30. The first-order chi connectivity index (χ1) is 14.1. The van der Waals surface area contributed by atoms with E-state index in [0.29, 0.717) is 38.4 Å². The van der Waals surface area contributed by atoms with E-state index in [1.165, 1.54) is 6.07 Å². The molecular formula is C21H30N2O5S. The molecule has 0 bridgehead atoms. The lowest BCUT2D eigenvalue weighted by molar-refractivity contribution is -0.100. The van der Waals surface area contributed by atoms with Crippen LogP contribution in [0.1, 0.15) is 55.3 Å². The first kappa shape index (κ1) is 20.8. The van der Waals surface area contributed by atoms with Crippen LogP contribution in [-0.2, 0) is 19.5 Å². The van der Waals surface area contributed by atoms with Gasteiger partial charge in [-0.2, -0.15) is 4.31 Å². The van der Waals surface area contributed by atoms with E-state index < -0.39 is 10.0 Å². The molecule has 0 aliphatic carbocycles. The number of rotatable bonds is 4. The summed E-state index contributed by atoms with van der Waals surface area (Å²) in [6, 6.07) is 6.37. The van der Waals surface area contributed by atoms with E-state index in [9.17, 15) is 13.2 Å². The van der Waals surface area contributed by atoms with E-state index in [2.05, 4.69) is 0 Å². The maximum Gasteiger partial charge on any atom is 0.254 e. The molecule has 0 spiro atoms. The molecule has 8 heteroatoms. The van der Waals surface area contributed by atoms with Crippen LogP contribution in [-0.4, -0.2) is 68.7 Å². The number of benzene rings is 1. The number of sulfonamides is 1. The van der Waals surface area contributed by atoms with Crippen LogP contribution in [0.4, 0.5) is 0 Å². The Kier molecular flexibility index (Phi) is 6.53. The number of carbonyl (C=O) groups excluding carboxylic acids is 1. The highest BCUT2D eigenvalue weighted by atomic mass is 32.2. The molecule has 1 aromatic rings. The van der Waals surface area contributed by atoms with Gasteiger partial charge in [-0.15, -0.1) is 0 Å². The van der Waals surface area contributed by atoms with Gasteiger partial charge in [0.15, 0.2) is 6.29 Å². The fraction of sp³-hybridized carbons (Fsp3) is 0.667. The standard InChI is InChI=1S/C21H30N2O5S/c24-20(23-13-6-3-10-19(23)21-27-14-15-28-21)17-8-7-9-18(16-17)29(25,26)22-11-4-1-2-5-12-22/h7-9,16,19,21H,1-6,10-15H2. The summed E-state index contributed by atoms with van der Waals surface area (Å²) < 4.78 is 39.1. The molecule has 3 saturated heterocycles. The second-order valence-corrected chi connectivity index (χ2v) is 9.96. The lowest BCUT2D eigenvalue weighted by Gasteiger charge is -2.38. The molecule has 1 atom stereocenters. The van der Waals surface area contributed by atoms with E-state index in [0.717, 1.165) is 44.9 Å². The number of carbonyl (C=O) groups is 1. The first-order valence-electron chi connectivity index (χ1n) is 10.7. The van der Waals surface area contributed by atoms with Gasteiger partial charge in [0.05, 0.1) is 24.2 Å². The molecular weight excluding hydrogens is 392 g/mol. The van der Waals surface area contributed by atoms with E-state index in [4.69, 9.17) is 9.47 Å². The van der Waals surface area contributed by atoms with Crippen LogP contribution in [0, 0.1) is 0 Å². The van der Waals surface area contributed by atoms with Gasteiger partial charge < -0.3 is 14.4 Å². The van der Waals surface area contributed by atoms with Crippen molar-refractivity contribution in [2.45, 2.75) is 62.2 Å². The summed E-state index contributed by atoms with van der Waals surface area (Å²) in [5, 5.41) is 0. The molecule has 0 aromatic heterocycles. The largest absolute Gasteiger partial charge is 0.348 e. The van der Waals surface area contributed by atoms with Crippen molar-refractivity contribution in [3.05, 3.63) is 29.8 Å². The predicted octanol–water partition coefficient (Wildman–Crippen LogP) is 2.62. The second-order valence-electron chi connectivity index (χ2n) is 8.02. The minimum absolute atomic E-state index is 0.121. The molecule has 0 N–H and O–H groups in total. The predicted molar refractivity (Wildman–Crippen MR) is 108 cm³/mol. The fourth-order valence-corrected chi connectivity index (χ4v) is 6.04. The Hall–Kier alpha value is -1.48. The number of likely N-dealkylation sites (tertiary alicyclic amines) is 1. The first-order valence-corrected chi connectivity index (χ1v) is 12.2. The molecule has 1 aromatic carbocycles. The lowest BCUT2D eigenvalue weighted by Crippen LogP contribution is -2.50. The molecule has 0 saturated carbocycles. The van der Waals surface area contributed by atoms with Gasteiger partial charge in [0.2, 0.25) is 10.0 Å². The highest BCUT2D eigenvalue weighted by Gasteiger charge is 2.37. The van der Waals surface area contributed by atoms with Crippen LogP contribution < -0.4 is 0 Å². The summed E-state index contributed by atoms with van der Waals surface area (Å²) in [5.74, 6) is -0.151. The third-order valence-corrected chi connectivity index (χ3v) is 7.95. The topological polar surface area (TPSA) is 76.2 Å². The SMILES string of the molecule is O=C(c1cccc(S(=O)(=O)N2CCCCCC2)c1)N1CCCCC1C1OCCO1. The Morgan fingerprint density at radius 3 is 2.34 bits per heavy atom. The van der Waals surface area contributed by atoms with Crippen LogP contribution in [0.25, 0.3) is 0 Å². The summed E-state index contributed by atoms with van der Waals surface area (Å²) in [7, 11) is -3.59. The van der Waals surface area contributed by atoms with Gasteiger partial charge in [-0.05, 0) is 50.3 Å². The smallest absolute Gasteiger partial charge is 0.254 e. The van der Waals surface area contributed by atoms with Crippen molar-refractivity contribution in [2.75, 3.05) is 32.8 Å². The maximum absolute atomic E-state index is 13.3. The summed E-state index contributed by atoms with van der Waals surface area (Å²) in [4.78, 5) is 15.3. The molecule has 1 amide bonds. The van der Waals surface area contributed by atoms with Gasteiger partial charge in [0, 0.05) is 25.2 Å². The second kappa shape index (κ2) is 9.12. The van der Waals surface area contributed by atoms with Crippen LogP contribution in [0.2, 0.25) is 0 Å². The molecule has 7 nitrogen and oxygen atoms in total. The highest BCUT2D eigenvalue weighted by molar-refractivity contribution is 7.89. The monoisotopic (exact) mass is 422 g/mol. The Bertz CT molecular complexity index is 814. The van der Waals surface area contributed by atoms with E-state index in [1.807, 2.05) is 0 Å². The zero-order chi connectivity index (χ0) is 20.3. The van der Waals surface area contributed by atoms with Gasteiger partial charge in [-0.1, -0.05) is 18.9 Å². The van der Waals surface area contributed by atoms with Gasteiger partial charge in [-0.25, -0.2) is 8.42 Å². The van der Waals surface area contributed by atoms with Crippen molar-refractivity contribution >= 4 is 15.9 Å². The van der Waals surface area contributed by atoms with E-state index in [1.54, 1.807) is 27.4 Å². The molecule has 3 fully saturated rings. The van der Waals surface area contributed by atoms with Crippen LogP contribution in [0.15, 0.2) is 29.2 Å². The Balaban J connectivity index is 1.56. The van der Waals surface area contributed by atoms with Gasteiger partial charge in [0.25, 0.3) is 5.91 Å². The number of hydrogen-bond donors (Lipinski definition) is 0. The lowest BCUT2D eigenvalue weighted by atomic mass is 10.00. The molecule has 0 radical (unpaired) electrons. The van der Waals surface area contributed by atoms with Crippen molar-refractivity contribution in [3.8, 4) is 0 Å². The number of hydrogen-bond acceptors (Lipinski definition) is 5. The minimum atomic E-state index is -3.59. The molecule has 3 aliphatic heterocycles. The Morgan fingerprint density at radius 2 is 1.62 bits per heavy atom. The van der Waals surface area contributed by atoms with Crippen molar-refractivity contribution in [3.63, 3.8) is 0 Å². The average molecular weight is 423 g/mol. The van der Waals surface area contributed by atoms with E-state index in [-0.39, 0.29) is 23.1 Å². The summed E-state index contributed by atoms with van der Waals surface area (Å²) >= 11 is 0. The van der Waals surface area contributed by atoms with Crippen molar-refractivity contribution in [2.24, 2.45) is 0 Å². The Morgan fingerprint density at radius 1 is 0.931 bits per heavy atom. The highest BCUT2D eigenvalue weighted by Crippen LogP contribution is 2.27. The number of nitrogens with zero attached hydrogens (tertiary/aromatic N) is 2. The molecule has 160 valence electrons. The molecule has 4 rings (SSSR count). The van der Waals surface area contributed by atoms with Crippen molar-refractivity contribution in [1.29, 1.82) is 0 Å². The Labute approximate surface area is 173 Å². The quantitative estimate of drug-likeness (QED) is 0.746. The van der Waals surface area contributed by atoms with Crippen LogP contribution >= 0.6 is 0 Å². The normalized spacial score (nSPS) is 25.1. The minimum Gasteiger partial charge on any atom is -0.348 e. The molecule has 3 aliphatic rings. The third kappa shape index (κ3) is 4.50. The zero-order valence-electron chi connectivity index (χ0n) is 16.8.